The normalized spacial score (nSPS) is 11.3. The van der Waals surface area contributed by atoms with Gasteiger partial charge in [0.1, 0.15) is 5.15 Å². The second-order valence-corrected chi connectivity index (χ2v) is 5.95. The summed E-state index contributed by atoms with van der Waals surface area (Å²) >= 11 is 6.53. The van der Waals surface area contributed by atoms with Crippen molar-refractivity contribution in [2.75, 3.05) is 13.6 Å². The molecule has 0 saturated heterocycles. The molecule has 2 aromatic rings. The number of aromatic nitrogens is 2. The lowest BCUT2D eigenvalue weighted by Crippen LogP contribution is -2.19. The predicted molar refractivity (Wildman–Crippen MR) is 88.8 cm³/mol. The molecule has 0 unspecified atom stereocenters. The Morgan fingerprint density at radius 2 is 1.95 bits per heavy atom. The summed E-state index contributed by atoms with van der Waals surface area (Å²) in [4.78, 5) is 2.31. The molecule has 1 aromatic heterocycles. The highest BCUT2D eigenvalue weighted by atomic mass is 35.5. The molecule has 0 amide bonds. The molecule has 0 spiro atoms. The molecule has 0 N–H and O–H groups in total. The fraction of sp³-hybridized carbons (Fsp3) is 0.471. The number of aryl methyl sites for hydroxylation is 1. The van der Waals surface area contributed by atoms with Gasteiger partial charge >= 0.3 is 0 Å². The molecule has 0 bridgehead atoms. The Morgan fingerprint density at radius 3 is 2.62 bits per heavy atom. The first kappa shape index (κ1) is 16.1. The largest absolute Gasteiger partial charge is 0.302 e. The van der Waals surface area contributed by atoms with E-state index in [0.717, 1.165) is 36.0 Å². The lowest BCUT2D eigenvalue weighted by Gasteiger charge is -2.15. The summed E-state index contributed by atoms with van der Waals surface area (Å²) in [6.07, 6.45) is 2.43. The smallest absolute Gasteiger partial charge is 0.132 e. The van der Waals surface area contributed by atoms with Crippen molar-refractivity contribution in [3.05, 3.63) is 52.3 Å². The molecule has 0 radical (unpaired) electrons. The fourth-order valence-corrected chi connectivity index (χ4v) is 2.70. The van der Waals surface area contributed by atoms with E-state index in [9.17, 15) is 0 Å². The van der Waals surface area contributed by atoms with Gasteiger partial charge in [-0.3, -0.25) is 0 Å². The second kappa shape index (κ2) is 7.62. The van der Waals surface area contributed by atoms with Crippen molar-refractivity contribution in [2.45, 2.75) is 39.8 Å². The third-order valence-electron chi connectivity index (χ3n) is 3.68. The van der Waals surface area contributed by atoms with E-state index in [1.54, 1.807) is 0 Å². The number of nitrogens with zero attached hydrogens (tertiary/aromatic N) is 3. The highest BCUT2D eigenvalue weighted by molar-refractivity contribution is 6.30. The first-order valence-electron chi connectivity index (χ1n) is 7.56. The molecule has 0 aliphatic rings. The molecule has 0 aliphatic carbocycles. The third-order valence-corrected chi connectivity index (χ3v) is 4.10. The topological polar surface area (TPSA) is 21.1 Å². The van der Waals surface area contributed by atoms with Crippen molar-refractivity contribution in [1.82, 2.24) is 14.7 Å². The lowest BCUT2D eigenvalue weighted by molar-refractivity contribution is 0.320. The Bertz CT molecular complexity index is 563. The number of benzene rings is 1. The maximum Gasteiger partial charge on any atom is 0.132 e. The van der Waals surface area contributed by atoms with Crippen molar-refractivity contribution in [1.29, 1.82) is 0 Å². The maximum atomic E-state index is 6.53. The van der Waals surface area contributed by atoms with Gasteiger partial charge in [-0.25, -0.2) is 4.68 Å². The van der Waals surface area contributed by atoms with Crippen molar-refractivity contribution >= 4 is 11.6 Å². The van der Waals surface area contributed by atoms with Gasteiger partial charge in [0.2, 0.25) is 0 Å². The molecule has 114 valence electrons. The zero-order valence-electron chi connectivity index (χ0n) is 13.1. The Balaban J connectivity index is 2.10. The Morgan fingerprint density at radius 1 is 1.24 bits per heavy atom. The van der Waals surface area contributed by atoms with E-state index < -0.39 is 0 Å². The van der Waals surface area contributed by atoms with Gasteiger partial charge in [-0.2, -0.15) is 5.10 Å². The van der Waals surface area contributed by atoms with Gasteiger partial charge in [-0.1, -0.05) is 55.3 Å². The van der Waals surface area contributed by atoms with E-state index in [-0.39, 0.29) is 0 Å². The number of unbranched alkanes of at least 4 members (excludes halogenated alkanes) is 1. The minimum absolute atomic E-state index is 0.721. The van der Waals surface area contributed by atoms with Crippen LogP contribution in [0, 0.1) is 6.92 Å². The molecule has 0 atom stereocenters. The number of hydrogen-bond acceptors (Lipinski definition) is 2. The molecule has 4 heteroatoms. The van der Waals surface area contributed by atoms with Crippen molar-refractivity contribution in [3.63, 3.8) is 0 Å². The Hall–Kier alpha value is -1.32. The number of hydrogen-bond donors (Lipinski definition) is 0. The van der Waals surface area contributed by atoms with E-state index in [4.69, 9.17) is 11.6 Å². The van der Waals surface area contributed by atoms with Crippen LogP contribution in [0.2, 0.25) is 5.15 Å². The van der Waals surface area contributed by atoms with Crippen molar-refractivity contribution < 1.29 is 0 Å². The average molecular weight is 306 g/mol. The first-order chi connectivity index (χ1) is 10.1. The van der Waals surface area contributed by atoms with Gasteiger partial charge in [-0.05, 0) is 32.5 Å². The van der Waals surface area contributed by atoms with E-state index in [2.05, 4.69) is 36.1 Å². The van der Waals surface area contributed by atoms with Crippen LogP contribution >= 0.6 is 11.6 Å². The molecule has 0 saturated carbocycles. The zero-order valence-corrected chi connectivity index (χ0v) is 13.9. The highest BCUT2D eigenvalue weighted by Gasteiger charge is 2.15. The summed E-state index contributed by atoms with van der Waals surface area (Å²) in [5, 5.41) is 5.36. The molecule has 3 nitrogen and oxygen atoms in total. The van der Waals surface area contributed by atoms with Gasteiger partial charge < -0.3 is 4.90 Å². The van der Waals surface area contributed by atoms with Crippen molar-refractivity contribution in [3.8, 4) is 0 Å². The average Bonchev–Trinajstić information content (AvgIpc) is 2.74. The molecule has 2 rings (SSSR count). The first-order valence-corrected chi connectivity index (χ1v) is 7.93. The summed E-state index contributed by atoms with van der Waals surface area (Å²) in [5.41, 5.74) is 3.39. The molecule has 1 heterocycles. The summed E-state index contributed by atoms with van der Waals surface area (Å²) < 4.78 is 1.90. The van der Waals surface area contributed by atoms with Crippen LogP contribution in [0.5, 0.6) is 0 Å². The SMILES string of the molecule is CCCCN(C)Cc1c(C)nn(Cc2ccccc2)c1Cl. The molecule has 0 aliphatic heterocycles. The van der Waals surface area contributed by atoms with Crippen LogP contribution in [0.3, 0.4) is 0 Å². The van der Waals surface area contributed by atoms with Crippen LogP contribution < -0.4 is 0 Å². The quantitative estimate of drug-likeness (QED) is 0.767. The van der Waals surface area contributed by atoms with Gasteiger partial charge in [0.05, 0.1) is 12.2 Å². The summed E-state index contributed by atoms with van der Waals surface area (Å²) in [6, 6.07) is 10.3. The van der Waals surface area contributed by atoms with Crippen LogP contribution in [0.25, 0.3) is 0 Å². The number of rotatable bonds is 7. The van der Waals surface area contributed by atoms with Crippen LogP contribution in [-0.2, 0) is 13.1 Å². The van der Waals surface area contributed by atoms with Gasteiger partial charge in [0.25, 0.3) is 0 Å². The monoisotopic (exact) mass is 305 g/mol. The molecule has 1 aromatic carbocycles. The second-order valence-electron chi connectivity index (χ2n) is 5.59. The third kappa shape index (κ3) is 4.32. The van der Waals surface area contributed by atoms with Crippen LogP contribution in [0.4, 0.5) is 0 Å². The van der Waals surface area contributed by atoms with Gasteiger partial charge in [0.15, 0.2) is 0 Å². The number of halogens is 1. The lowest BCUT2D eigenvalue weighted by atomic mass is 10.2. The Labute approximate surface area is 132 Å². The van der Waals surface area contributed by atoms with E-state index in [1.807, 2.05) is 29.8 Å². The van der Waals surface area contributed by atoms with Gasteiger partial charge in [-0.15, -0.1) is 0 Å². The molecule has 21 heavy (non-hydrogen) atoms. The predicted octanol–water partition coefficient (Wildman–Crippen LogP) is 4.13. The zero-order chi connectivity index (χ0) is 15.2. The minimum atomic E-state index is 0.721. The fourth-order valence-electron chi connectivity index (χ4n) is 2.41. The van der Waals surface area contributed by atoms with Crippen LogP contribution in [0.1, 0.15) is 36.6 Å². The van der Waals surface area contributed by atoms with E-state index in [1.165, 1.54) is 18.4 Å². The standard InChI is InChI=1S/C17H24ClN3/c1-4-5-11-20(3)13-16-14(2)19-21(17(16)18)12-15-9-7-6-8-10-15/h6-10H,4-5,11-13H2,1-3H3. The molecule has 0 fully saturated rings. The van der Waals surface area contributed by atoms with Crippen molar-refractivity contribution in [2.24, 2.45) is 0 Å². The van der Waals surface area contributed by atoms with Crippen LogP contribution in [0.15, 0.2) is 30.3 Å². The van der Waals surface area contributed by atoms with Gasteiger partial charge in [0, 0.05) is 12.1 Å². The summed E-state index contributed by atoms with van der Waals surface area (Å²) in [5.74, 6) is 0. The molecular weight excluding hydrogens is 282 g/mol. The minimum Gasteiger partial charge on any atom is -0.302 e. The Kier molecular flexibility index (Phi) is 5.83. The highest BCUT2D eigenvalue weighted by Crippen LogP contribution is 2.22. The van der Waals surface area contributed by atoms with Crippen LogP contribution in [-0.4, -0.2) is 28.3 Å². The maximum absolute atomic E-state index is 6.53. The molecular formula is C17H24ClN3. The summed E-state index contributed by atoms with van der Waals surface area (Å²) in [7, 11) is 2.14. The summed E-state index contributed by atoms with van der Waals surface area (Å²) in [6.45, 7) is 6.93. The van der Waals surface area contributed by atoms with E-state index in [0.29, 0.717) is 0 Å². The van der Waals surface area contributed by atoms with E-state index >= 15 is 0 Å².